The molecule has 0 unspecified atom stereocenters. The molecule has 2 aromatic heterocycles. The number of ether oxygens (including phenoxy) is 1. The molecule has 1 amide bonds. The van der Waals surface area contributed by atoms with Crippen molar-refractivity contribution in [1.29, 1.82) is 0 Å². The Morgan fingerprint density at radius 2 is 2.56 bits per heavy atom. The number of carbonyl (C=O) groups excluding carboxylic acids is 1. The van der Waals surface area contributed by atoms with Crippen LogP contribution in [0.25, 0.3) is 5.65 Å². The maximum Gasteiger partial charge on any atom is 0.271 e. The third-order valence-electron chi connectivity index (χ3n) is 2.98. The summed E-state index contributed by atoms with van der Waals surface area (Å²) in [5, 5.41) is 6.99. The van der Waals surface area contributed by atoms with Gasteiger partial charge in [0.15, 0.2) is 11.3 Å². The topological polar surface area (TPSA) is 68.5 Å². The number of hydrogen-bond acceptors (Lipinski definition) is 4. The van der Waals surface area contributed by atoms with Crippen LogP contribution in [0.5, 0.6) is 0 Å². The molecule has 1 N–H and O–H groups in total. The zero-order valence-corrected chi connectivity index (χ0v) is 9.87. The van der Waals surface area contributed by atoms with Gasteiger partial charge in [0.05, 0.1) is 6.10 Å². The van der Waals surface area contributed by atoms with E-state index in [1.54, 1.807) is 29.0 Å². The van der Waals surface area contributed by atoms with Crippen molar-refractivity contribution in [2.24, 2.45) is 0 Å². The van der Waals surface area contributed by atoms with Crippen LogP contribution in [0.2, 0.25) is 0 Å². The van der Waals surface area contributed by atoms with Gasteiger partial charge in [-0.3, -0.25) is 4.79 Å². The van der Waals surface area contributed by atoms with Crippen LogP contribution >= 0.6 is 0 Å². The van der Waals surface area contributed by atoms with Crippen LogP contribution in [-0.4, -0.2) is 39.8 Å². The lowest BCUT2D eigenvalue weighted by molar-refractivity contribution is 0.0853. The van der Waals surface area contributed by atoms with Gasteiger partial charge in [-0.05, 0) is 18.9 Å². The number of nitrogens with one attached hydrogen (secondary N) is 1. The van der Waals surface area contributed by atoms with E-state index in [2.05, 4.69) is 15.4 Å². The first-order chi connectivity index (χ1) is 8.83. The molecule has 2 aromatic rings. The molecule has 18 heavy (non-hydrogen) atoms. The summed E-state index contributed by atoms with van der Waals surface area (Å²) in [6, 6.07) is 3.44. The number of fused-ring (bicyclic) bond motifs is 1. The smallest absolute Gasteiger partial charge is 0.271 e. The van der Waals surface area contributed by atoms with Crippen LogP contribution < -0.4 is 5.32 Å². The van der Waals surface area contributed by atoms with Gasteiger partial charge in [-0.15, -0.1) is 0 Å². The lowest BCUT2D eigenvalue weighted by Crippen LogP contribution is -2.32. The second-order valence-corrected chi connectivity index (χ2v) is 4.30. The summed E-state index contributed by atoms with van der Waals surface area (Å²) in [5.74, 6) is -0.184. The van der Waals surface area contributed by atoms with Gasteiger partial charge in [0, 0.05) is 31.6 Å². The highest BCUT2D eigenvalue weighted by Gasteiger charge is 2.17. The summed E-state index contributed by atoms with van der Waals surface area (Å²) in [7, 11) is 0. The Morgan fingerprint density at radius 1 is 1.61 bits per heavy atom. The maximum atomic E-state index is 11.9. The SMILES string of the molecule is O=C(NC[C@H]1CCCO1)c1cc2ncccn2n1. The minimum absolute atomic E-state index is 0.143. The summed E-state index contributed by atoms with van der Waals surface area (Å²) in [4.78, 5) is 16.0. The van der Waals surface area contributed by atoms with Crippen molar-refractivity contribution in [3.8, 4) is 0 Å². The average molecular weight is 246 g/mol. The summed E-state index contributed by atoms with van der Waals surface area (Å²) in [6.45, 7) is 1.33. The maximum absolute atomic E-state index is 11.9. The Morgan fingerprint density at radius 3 is 3.33 bits per heavy atom. The molecule has 1 aliphatic heterocycles. The van der Waals surface area contributed by atoms with Crippen molar-refractivity contribution in [2.75, 3.05) is 13.2 Å². The van der Waals surface area contributed by atoms with Crippen LogP contribution in [0.1, 0.15) is 23.3 Å². The molecule has 0 saturated carbocycles. The highest BCUT2D eigenvalue weighted by atomic mass is 16.5. The summed E-state index contributed by atoms with van der Waals surface area (Å²) >= 11 is 0. The minimum Gasteiger partial charge on any atom is -0.376 e. The van der Waals surface area contributed by atoms with Gasteiger partial charge in [-0.2, -0.15) is 5.10 Å². The van der Waals surface area contributed by atoms with E-state index in [9.17, 15) is 4.79 Å². The van der Waals surface area contributed by atoms with E-state index < -0.39 is 0 Å². The van der Waals surface area contributed by atoms with Crippen LogP contribution in [0.4, 0.5) is 0 Å². The molecule has 1 atom stereocenters. The minimum atomic E-state index is -0.184. The molecule has 6 nitrogen and oxygen atoms in total. The van der Waals surface area contributed by atoms with Gasteiger partial charge in [-0.25, -0.2) is 9.50 Å². The highest BCUT2D eigenvalue weighted by molar-refractivity contribution is 5.93. The van der Waals surface area contributed by atoms with Crippen molar-refractivity contribution in [1.82, 2.24) is 19.9 Å². The summed E-state index contributed by atoms with van der Waals surface area (Å²) in [6.07, 6.45) is 5.65. The van der Waals surface area contributed by atoms with Crippen LogP contribution in [-0.2, 0) is 4.74 Å². The standard InChI is InChI=1S/C12H14N4O2/c17-12(14-8-9-3-1-6-18-9)10-7-11-13-4-2-5-16(11)15-10/h2,4-5,7,9H,1,3,6,8H2,(H,14,17)/t9-/m1/s1. The zero-order chi connectivity index (χ0) is 12.4. The lowest BCUT2D eigenvalue weighted by atomic mass is 10.2. The largest absolute Gasteiger partial charge is 0.376 e. The molecule has 1 fully saturated rings. The van der Waals surface area contributed by atoms with Gasteiger partial charge < -0.3 is 10.1 Å². The Bertz CT molecular complexity index is 527. The van der Waals surface area contributed by atoms with Crippen molar-refractivity contribution >= 4 is 11.6 Å². The number of nitrogens with zero attached hydrogens (tertiary/aromatic N) is 3. The molecule has 1 aliphatic rings. The van der Waals surface area contributed by atoms with Gasteiger partial charge in [0.1, 0.15) is 0 Å². The second-order valence-electron chi connectivity index (χ2n) is 4.30. The molecule has 94 valence electrons. The first-order valence-electron chi connectivity index (χ1n) is 6.03. The van der Waals surface area contributed by atoms with Gasteiger partial charge >= 0.3 is 0 Å². The quantitative estimate of drug-likeness (QED) is 0.862. The van der Waals surface area contributed by atoms with Gasteiger partial charge in [0.2, 0.25) is 0 Å². The van der Waals surface area contributed by atoms with E-state index in [1.165, 1.54) is 0 Å². The predicted octanol–water partition coefficient (Wildman–Crippen LogP) is 0.638. The summed E-state index contributed by atoms with van der Waals surface area (Å²) in [5.41, 5.74) is 1.05. The number of aromatic nitrogens is 3. The Kier molecular flexibility index (Phi) is 2.93. The molecule has 6 heteroatoms. The molecule has 1 saturated heterocycles. The number of hydrogen-bond donors (Lipinski definition) is 1. The lowest BCUT2D eigenvalue weighted by Gasteiger charge is -2.09. The number of amides is 1. The third-order valence-corrected chi connectivity index (χ3v) is 2.98. The average Bonchev–Trinajstić information content (AvgIpc) is 3.04. The Labute approximate surface area is 104 Å². The molecular formula is C12H14N4O2. The Balaban J connectivity index is 1.67. The van der Waals surface area contributed by atoms with Crippen LogP contribution in [0.15, 0.2) is 24.5 Å². The first-order valence-corrected chi connectivity index (χ1v) is 6.03. The fraction of sp³-hybridized carbons (Fsp3) is 0.417. The van der Waals surface area contributed by atoms with Crippen molar-refractivity contribution < 1.29 is 9.53 Å². The van der Waals surface area contributed by atoms with Crippen molar-refractivity contribution in [3.63, 3.8) is 0 Å². The molecular weight excluding hydrogens is 232 g/mol. The van der Waals surface area contributed by atoms with E-state index in [1.807, 2.05) is 0 Å². The molecule has 0 bridgehead atoms. The number of rotatable bonds is 3. The number of carbonyl (C=O) groups is 1. The molecule has 0 radical (unpaired) electrons. The fourth-order valence-electron chi connectivity index (χ4n) is 2.04. The first kappa shape index (κ1) is 11.2. The van der Waals surface area contributed by atoms with Gasteiger partial charge in [-0.1, -0.05) is 0 Å². The highest BCUT2D eigenvalue weighted by Crippen LogP contribution is 2.11. The van der Waals surface area contributed by atoms with Crippen molar-refractivity contribution in [2.45, 2.75) is 18.9 Å². The zero-order valence-electron chi connectivity index (χ0n) is 9.87. The molecule has 0 spiro atoms. The van der Waals surface area contributed by atoms with E-state index >= 15 is 0 Å². The van der Waals surface area contributed by atoms with Crippen LogP contribution in [0, 0.1) is 0 Å². The van der Waals surface area contributed by atoms with E-state index in [-0.39, 0.29) is 12.0 Å². The second kappa shape index (κ2) is 4.73. The Hall–Kier alpha value is -1.95. The predicted molar refractivity (Wildman–Crippen MR) is 64.3 cm³/mol. The van der Waals surface area contributed by atoms with Gasteiger partial charge in [0.25, 0.3) is 5.91 Å². The fourth-order valence-corrected chi connectivity index (χ4v) is 2.04. The molecule has 0 aromatic carbocycles. The monoisotopic (exact) mass is 246 g/mol. The molecule has 3 heterocycles. The normalized spacial score (nSPS) is 19.2. The van der Waals surface area contributed by atoms with Crippen molar-refractivity contribution in [3.05, 3.63) is 30.2 Å². The van der Waals surface area contributed by atoms with E-state index in [0.29, 0.717) is 17.9 Å². The van der Waals surface area contributed by atoms with Crippen LogP contribution in [0.3, 0.4) is 0 Å². The van der Waals surface area contributed by atoms with E-state index in [0.717, 1.165) is 19.4 Å². The molecule has 3 rings (SSSR count). The summed E-state index contributed by atoms with van der Waals surface area (Å²) < 4.78 is 7.03. The van der Waals surface area contributed by atoms with E-state index in [4.69, 9.17) is 4.74 Å². The third kappa shape index (κ3) is 2.19. The molecule has 0 aliphatic carbocycles.